The molecule has 0 spiro atoms. The first kappa shape index (κ1) is 21.9. The summed E-state index contributed by atoms with van der Waals surface area (Å²) in [6, 6.07) is 27.2. The molecule has 0 N–H and O–H groups in total. The summed E-state index contributed by atoms with van der Waals surface area (Å²) in [5.41, 5.74) is 2.62. The normalized spacial score (nSPS) is 14.2. The molecule has 4 aromatic carbocycles. The van der Waals surface area contributed by atoms with Gasteiger partial charge in [0.05, 0.1) is 7.11 Å². The summed E-state index contributed by atoms with van der Waals surface area (Å²) in [4.78, 5) is 17.1. The molecule has 0 saturated carbocycles. The zero-order valence-electron chi connectivity index (χ0n) is 18.3. The monoisotopic (exact) mass is 513 g/mol. The minimum Gasteiger partial charge on any atom is -0.493 e. The van der Waals surface area contributed by atoms with Gasteiger partial charge in [0.2, 0.25) is 5.90 Å². The van der Waals surface area contributed by atoms with Crippen LogP contribution in [0, 0.1) is 0 Å². The molecule has 0 aromatic heterocycles. The van der Waals surface area contributed by atoms with Gasteiger partial charge in [0.1, 0.15) is 6.61 Å². The van der Waals surface area contributed by atoms with Crippen LogP contribution in [0.2, 0.25) is 0 Å². The Morgan fingerprint density at radius 1 is 0.941 bits per heavy atom. The Labute approximate surface area is 205 Å². The second kappa shape index (κ2) is 9.53. The highest BCUT2D eigenvalue weighted by Crippen LogP contribution is 2.34. The topological polar surface area (TPSA) is 57.1 Å². The van der Waals surface area contributed by atoms with Crippen LogP contribution in [-0.2, 0) is 16.1 Å². The Bertz CT molecular complexity index is 1440. The van der Waals surface area contributed by atoms with Gasteiger partial charge in [-0.2, -0.15) is 0 Å². The Hall–Kier alpha value is -3.90. The van der Waals surface area contributed by atoms with Crippen LogP contribution >= 0.6 is 15.9 Å². The minimum atomic E-state index is -0.509. The molecule has 0 fully saturated rings. The molecule has 34 heavy (non-hydrogen) atoms. The largest absolute Gasteiger partial charge is 0.493 e. The van der Waals surface area contributed by atoms with Gasteiger partial charge in [0, 0.05) is 15.6 Å². The summed E-state index contributed by atoms with van der Waals surface area (Å²) in [7, 11) is 1.58. The average molecular weight is 514 g/mol. The molecule has 1 heterocycles. The van der Waals surface area contributed by atoms with Crippen molar-refractivity contribution in [3.63, 3.8) is 0 Å². The van der Waals surface area contributed by atoms with Gasteiger partial charge in [-0.05, 0) is 52.7 Å². The Kier molecular flexibility index (Phi) is 6.14. The van der Waals surface area contributed by atoms with Crippen molar-refractivity contribution in [3.05, 3.63) is 112 Å². The molecule has 0 bridgehead atoms. The first-order valence-electron chi connectivity index (χ1n) is 10.7. The lowest BCUT2D eigenvalue weighted by Crippen LogP contribution is -2.05. The number of esters is 1. The Morgan fingerprint density at radius 2 is 1.74 bits per heavy atom. The number of fused-ring (bicyclic) bond motifs is 1. The van der Waals surface area contributed by atoms with Crippen molar-refractivity contribution in [2.45, 2.75) is 6.61 Å². The van der Waals surface area contributed by atoms with Gasteiger partial charge in [-0.15, -0.1) is 0 Å². The zero-order chi connectivity index (χ0) is 23.5. The van der Waals surface area contributed by atoms with Crippen LogP contribution in [0.15, 0.2) is 100 Å². The molecular formula is C28H20BrNO4. The third-order valence-electron chi connectivity index (χ3n) is 5.43. The van der Waals surface area contributed by atoms with Gasteiger partial charge >= 0.3 is 5.97 Å². The molecule has 1 aliphatic rings. The number of aliphatic imine (C=N–C) groups is 1. The molecule has 1 aliphatic heterocycles. The maximum Gasteiger partial charge on any atom is 0.363 e. The average Bonchev–Trinajstić information content (AvgIpc) is 3.23. The first-order chi connectivity index (χ1) is 16.6. The van der Waals surface area contributed by atoms with Crippen molar-refractivity contribution in [3.8, 4) is 11.5 Å². The van der Waals surface area contributed by atoms with Crippen molar-refractivity contribution in [2.75, 3.05) is 7.11 Å². The number of cyclic esters (lactones) is 1. The fourth-order valence-electron chi connectivity index (χ4n) is 3.70. The van der Waals surface area contributed by atoms with Crippen LogP contribution in [0.3, 0.4) is 0 Å². The summed E-state index contributed by atoms with van der Waals surface area (Å²) in [5, 5.41) is 2.16. The lowest BCUT2D eigenvalue weighted by molar-refractivity contribution is -0.129. The third-order valence-corrected chi connectivity index (χ3v) is 5.96. The summed E-state index contributed by atoms with van der Waals surface area (Å²) in [6.07, 6.45) is 1.66. The van der Waals surface area contributed by atoms with E-state index in [-0.39, 0.29) is 11.6 Å². The van der Waals surface area contributed by atoms with Gasteiger partial charge in [-0.1, -0.05) is 70.5 Å². The molecule has 0 saturated heterocycles. The van der Waals surface area contributed by atoms with E-state index in [2.05, 4.69) is 20.9 Å². The van der Waals surface area contributed by atoms with Gasteiger partial charge in [-0.3, -0.25) is 0 Å². The number of rotatable bonds is 6. The number of hydrogen-bond donors (Lipinski definition) is 0. The molecule has 5 nitrogen and oxygen atoms in total. The summed E-state index contributed by atoms with van der Waals surface area (Å²) in [6.45, 7) is 0.347. The first-order valence-corrected chi connectivity index (χ1v) is 11.5. The maximum absolute atomic E-state index is 12.6. The number of methoxy groups -OCH3 is 1. The van der Waals surface area contributed by atoms with Crippen LogP contribution in [-0.4, -0.2) is 19.0 Å². The van der Waals surface area contributed by atoms with Gasteiger partial charge in [0.25, 0.3) is 0 Å². The number of nitrogens with zero attached hydrogens (tertiary/aromatic N) is 1. The molecule has 0 atom stereocenters. The lowest BCUT2D eigenvalue weighted by atomic mass is 10.1. The number of ether oxygens (including phenoxy) is 3. The fourth-order valence-corrected chi connectivity index (χ4v) is 3.96. The standard InChI is InChI=1S/C28H20BrNO4/c1-32-25-8-4-7-21(26(25)33-17-18-9-13-23(29)14-10-18)16-24-28(31)34-27(30-24)22-12-11-19-5-2-3-6-20(19)15-22/h2-16H,17H2,1H3/b24-16-. The molecule has 0 radical (unpaired) electrons. The summed E-state index contributed by atoms with van der Waals surface area (Å²) >= 11 is 3.44. The third kappa shape index (κ3) is 4.58. The molecule has 4 aromatic rings. The number of para-hydroxylation sites is 1. The van der Waals surface area contributed by atoms with Crippen LogP contribution < -0.4 is 9.47 Å². The zero-order valence-corrected chi connectivity index (χ0v) is 19.9. The SMILES string of the molecule is COc1cccc(/C=C2\N=C(c3ccc4ccccc4c3)OC2=O)c1OCc1ccc(Br)cc1. The van der Waals surface area contributed by atoms with Crippen molar-refractivity contribution in [1.29, 1.82) is 0 Å². The van der Waals surface area contributed by atoms with E-state index in [4.69, 9.17) is 14.2 Å². The fraction of sp³-hybridized carbons (Fsp3) is 0.0714. The predicted molar refractivity (Wildman–Crippen MR) is 136 cm³/mol. The van der Waals surface area contributed by atoms with E-state index in [1.807, 2.05) is 84.9 Å². The highest BCUT2D eigenvalue weighted by Gasteiger charge is 2.25. The number of carbonyl (C=O) groups is 1. The summed E-state index contributed by atoms with van der Waals surface area (Å²) < 4.78 is 18.1. The highest BCUT2D eigenvalue weighted by molar-refractivity contribution is 9.10. The Morgan fingerprint density at radius 3 is 2.53 bits per heavy atom. The molecule has 0 unspecified atom stereocenters. The van der Waals surface area contributed by atoms with Gasteiger partial charge < -0.3 is 14.2 Å². The Balaban J connectivity index is 1.46. The highest BCUT2D eigenvalue weighted by atomic mass is 79.9. The molecule has 6 heteroatoms. The van der Waals surface area contributed by atoms with Crippen LogP contribution in [0.4, 0.5) is 0 Å². The van der Waals surface area contributed by atoms with E-state index in [1.165, 1.54) is 0 Å². The predicted octanol–water partition coefficient (Wildman–Crippen LogP) is 6.53. The van der Waals surface area contributed by atoms with Crippen LogP contribution in [0.1, 0.15) is 16.7 Å². The molecule has 0 amide bonds. The number of hydrogen-bond acceptors (Lipinski definition) is 5. The van der Waals surface area contributed by atoms with Crippen molar-refractivity contribution in [1.82, 2.24) is 0 Å². The lowest BCUT2D eigenvalue weighted by Gasteiger charge is -2.13. The molecule has 168 valence electrons. The van der Waals surface area contributed by atoms with Crippen molar-refractivity contribution in [2.24, 2.45) is 4.99 Å². The van der Waals surface area contributed by atoms with Crippen LogP contribution in [0.25, 0.3) is 16.8 Å². The number of halogens is 1. The second-order valence-corrected chi connectivity index (χ2v) is 8.61. The van der Waals surface area contributed by atoms with Crippen molar-refractivity contribution >= 4 is 44.6 Å². The smallest absolute Gasteiger partial charge is 0.363 e. The van der Waals surface area contributed by atoms with Gasteiger partial charge in [0.15, 0.2) is 17.2 Å². The van der Waals surface area contributed by atoms with Crippen molar-refractivity contribution < 1.29 is 19.0 Å². The number of benzene rings is 4. The van der Waals surface area contributed by atoms with E-state index in [0.29, 0.717) is 23.7 Å². The second-order valence-electron chi connectivity index (χ2n) is 7.69. The minimum absolute atomic E-state index is 0.199. The molecule has 0 aliphatic carbocycles. The summed E-state index contributed by atoms with van der Waals surface area (Å²) in [5.74, 6) is 0.867. The van der Waals surface area contributed by atoms with E-state index in [1.54, 1.807) is 13.2 Å². The van der Waals surface area contributed by atoms with Crippen LogP contribution in [0.5, 0.6) is 11.5 Å². The van der Waals surface area contributed by atoms with E-state index in [9.17, 15) is 4.79 Å². The van der Waals surface area contributed by atoms with E-state index < -0.39 is 5.97 Å². The van der Waals surface area contributed by atoms with E-state index in [0.717, 1.165) is 26.4 Å². The molecule has 5 rings (SSSR count). The van der Waals surface area contributed by atoms with E-state index >= 15 is 0 Å². The molecular weight excluding hydrogens is 494 g/mol. The number of carbonyl (C=O) groups excluding carboxylic acids is 1. The van der Waals surface area contributed by atoms with Gasteiger partial charge in [-0.25, -0.2) is 9.79 Å². The quantitative estimate of drug-likeness (QED) is 0.217. The maximum atomic E-state index is 12.6.